The van der Waals surface area contributed by atoms with Crippen LogP contribution >= 0.6 is 0 Å². The number of carbonyl (C=O) groups excluding carboxylic acids is 1. The van der Waals surface area contributed by atoms with E-state index in [2.05, 4.69) is 5.32 Å². The van der Waals surface area contributed by atoms with Crippen molar-refractivity contribution in [2.24, 2.45) is 5.41 Å². The first-order valence-electron chi connectivity index (χ1n) is 7.43. The van der Waals surface area contributed by atoms with Crippen molar-refractivity contribution in [3.63, 3.8) is 0 Å². The largest absolute Gasteiger partial charge is 0.494 e. The predicted octanol–water partition coefficient (Wildman–Crippen LogP) is 1.95. The average Bonchev–Trinajstić information content (AvgIpc) is 2.53. The lowest BCUT2D eigenvalue weighted by Gasteiger charge is -2.35. The molecule has 0 unspecified atom stereocenters. The van der Waals surface area contributed by atoms with Crippen LogP contribution in [-0.4, -0.2) is 31.3 Å². The van der Waals surface area contributed by atoms with Crippen molar-refractivity contribution in [1.82, 2.24) is 5.32 Å². The van der Waals surface area contributed by atoms with Crippen LogP contribution in [-0.2, 0) is 0 Å². The highest BCUT2D eigenvalue weighted by atomic mass is 16.5. The number of benzene rings is 1. The molecule has 4 N–H and O–H groups in total. The standard InChI is InChI=1S/C16H24N2O3/c1-21-14-12(6-5-7-13(14)17)15(20)18-10-16(11-19)8-3-2-4-9-16/h5-7,19H,2-4,8-11,17H2,1H3,(H,18,20). The van der Waals surface area contributed by atoms with Gasteiger partial charge in [0.15, 0.2) is 5.75 Å². The smallest absolute Gasteiger partial charge is 0.255 e. The van der Waals surface area contributed by atoms with Gasteiger partial charge in [-0.2, -0.15) is 0 Å². The summed E-state index contributed by atoms with van der Waals surface area (Å²) in [7, 11) is 1.50. The zero-order valence-electron chi connectivity index (χ0n) is 12.5. The maximum absolute atomic E-state index is 12.3. The number of nitrogens with two attached hydrogens (primary N) is 1. The topological polar surface area (TPSA) is 84.6 Å². The van der Waals surface area contributed by atoms with Crippen molar-refractivity contribution in [2.45, 2.75) is 32.1 Å². The Morgan fingerprint density at radius 1 is 1.38 bits per heavy atom. The second-order valence-corrected chi connectivity index (χ2v) is 5.83. The molecule has 1 aromatic rings. The molecule has 0 heterocycles. The number of hydrogen-bond acceptors (Lipinski definition) is 4. The van der Waals surface area contributed by atoms with Gasteiger partial charge < -0.3 is 20.9 Å². The Morgan fingerprint density at radius 3 is 2.71 bits per heavy atom. The fourth-order valence-corrected chi connectivity index (χ4v) is 3.02. The zero-order chi connectivity index (χ0) is 15.3. The summed E-state index contributed by atoms with van der Waals surface area (Å²) in [6.07, 6.45) is 5.34. The molecule has 0 aliphatic heterocycles. The molecule has 1 aliphatic carbocycles. The molecule has 5 heteroatoms. The summed E-state index contributed by atoms with van der Waals surface area (Å²) in [6.45, 7) is 0.599. The molecular weight excluding hydrogens is 268 g/mol. The van der Waals surface area contributed by atoms with Crippen LogP contribution in [0.4, 0.5) is 5.69 Å². The van der Waals surface area contributed by atoms with Crippen LogP contribution in [0.1, 0.15) is 42.5 Å². The zero-order valence-corrected chi connectivity index (χ0v) is 12.5. The number of ether oxygens (including phenoxy) is 1. The molecule has 1 aromatic carbocycles. The summed E-state index contributed by atoms with van der Waals surface area (Å²) in [5.74, 6) is 0.189. The Labute approximate surface area is 125 Å². The van der Waals surface area contributed by atoms with Gasteiger partial charge in [-0.25, -0.2) is 0 Å². The number of aliphatic hydroxyl groups is 1. The molecule has 1 fully saturated rings. The van der Waals surface area contributed by atoms with E-state index in [4.69, 9.17) is 10.5 Å². The van der Waals surface area contributed by atoms with Gasteiger partial charge in [0.25, 0.3) is 5.91 Å². The first kappa shape index (κ1) is 15.6. The van der Waals surface area contributed by atoms with Crippen molar-refractivity contribution >= 4 is 11.6 Å². The van der Waals surface area contributed by atoms with Gasteiger partial charge in [0.1, 0.15) is 0 Å². The number of amides is 1. The Bertz CT molecular complexity index is 496. The molecule has 0 radical (unpaired) electrons. The lowest BCUT2D eigenvalue weighted by Crippen LogP contribution is -2.41. The quantitative estimate of drug-likeness (QED) is 0.724. The second-order valence-electron chi connectivity index (χ2n) is 5.83. The molecule has 0 atom stereocenters. The van der Waals surface area contributed by atoms with E-state index in [-0.39, 0.29) is 17.9 Å². The van der Waals surface area contributed by atoms with Crippen molar-refractivity contribution in [1.29, 1.82) is 0 Å². The summed E-state index contributed by atoms with van der Waals surface area (Å²) in [6, 6.07) is 5.12. The molecule has 2 rings (SSSR count). The van der Waals surface area contributed by atoms with E-state index in [0.29, 0.717) is 23.5 Å². The van der Waals surface area contributed by atoms with Crippen LogP contribution in [0.15, 0.2) is 18.2 Å². The summed E-state index contributed by atoms with van der Waals surface area (Å²) < 4.78 is 5.21. The van der Waals surface area contributed by atoms with Crippen molar-refractivity contribution < 1.29 is 14.6 Å². The highest BCUT2D eigenvalue weighted by Crippen LogP contribution is 2.35. The van der Waals surface area contributed by atoms with E-state index in [1.165, 1.54) is 13.5 Å². The summed E-state index contributed by atoms with van der Waals surface area (Å²) in [5, 5.41) is 12.6. The lowest BCUT2D eigenvalue weighted by molar-refractivity contribution is 0.0716. The number of para-hydroxylation sites is 1. The molecule has 0 aromatic heterocycles. The fourth-order valence-electron chi connectivity index (χ4n) is 3.02. The van der Waals surface area contributed by atoms with Gasteiger partial charge in [0.2, 0.25) is 0 Å². The highest BCUT2D eigenvalue weighted by Gasteiger charge is 2.32. The molecule has 5 nitrogen and oxygen atoms in total. The first-order chi connectivity index (χ1) is 10.1. The van der Waals surface area contributed by atoms with Crippen LogP contribution in [0, 0.1) is 5.41 Å². The van der Waals surface area contributed by atoms with Gasteiger partial charge in [0.05, 0.1) is 25.0 Å². The molecule has 21 heavy (non-hydrogen) atoms. The molecule has 0 bridgehead atoms. The maximum atomic E-state index is 12.3. The average molecular weight is 292 g/mol. The van der Waals surface area contributed by atoms with E-state index in [0.717, 1.165) is 25.7 Å². The number of methoxy groups -OCH3 is 1. The first-order valence-corrected chi connectivity index (χ1v) is 7.43. The molecule has 1 amide bonds. The summed E-state index contributed by atoms with van der Waals surface area (Å²) in [5.41, 5.74) is 6.51. The highest BCUT2D eigenvalue weighted by molar-refractivity contribution is 5.98. The number of nitrogens with one attached hydrogen (secondary N) is 1. The summed E-state index contributed by atoms with van der Waals surface area (Å²) in [4.78, 5) is 12.3. The number of aliphatic hydroxyl groups excluding tert-OH is 1. The van der Waals surface area contributed by atoms with E-state index in [1.807, 2.05) is 0 Å². The minimum atomic E-state index is -0.211. The van der Waals surface area contributed by atoms with E-state index in [1.54, 1.807) is 18.2 Å². The Hall–Kier alpha value is -1.75. The van der Waals surface area contributed by atoms with Gasteiger partial charge >= 0.3 is 0 Å². The molecule has 0 spiro atoms. The third-order valence-electron chi connectivity index (χ3n) is 4.37. The molecule has 1 aliphatic rings. The molecular formula is C16H24N2O3. The fraction of sp³-hybridized carbons (Fsp3) is 0.562. The normalized spacial score (nSPS) is 17.2. The Balaban J connectivity index is 2.06. The number of hydrogen-bond donors (Lipinski definition) is 3. The van der Waals surface area contributed by atoms with Gasteiger partial charge in [-0.15, -0.1) is 0 Å². The van der Waals surface area contributed by atoms with Gasteiger partial charge in [-0.3, -0.25) is 4.79 Å². The molecule has 116 valence electrons. The Kier molecular flexibility index (Phi) is 5.07. The number of carbonyl (C=O) groups is 1. The van der Waals surface area contributed by atoms with Gasteiger partial charge in [-0.1, -0.05) is 25.3 Å². The van der Waals surface area contributed by atoms with Crippen LogP contribution in [0.3, 0.4) is 0 Å². The van der Waals surface area contributed by atoms with Crippen LogP contribution < -0.4 is 15.8 Å². The van der Waals surface area contributed by atoms with Gasteiger partial charge in [0, 0.05) is 12.0 Å². The Morgan fingerprint density at radius 2 is 2.10 bits per heavy atom. The van der Waals surface area contributed by atoms with Crippen molar-refractivity contribution in [3.05, 3.63) is 23.8 Å². The van der Waals surface area contributed by atoms with Crippen LogP contribution in [0.25, 0.3) is 0 Å². The maximum Gasteiger partial charge on any atom is 0.255 e. The summed E-state index contributed by atoms with van der Waals surface area (Å²) >= 11 is 0. The van der Waals surface area contributed by atoms with E-state index in [9.17, 15) is 9.90 Å². The molecule has 1 saturated carbocycles. The molecule has 0 saturated heterocycles. The lowest BCUT2D eigenvalue weighted by atomic mass is 9.74. The minimum absolute atomic E-state index is 0.112. The monoisotopic (exact) mass is 292 g/mol. The van der Waals surface area contributed by atoms with E-state index >= 15 is 0 Å². The number of rotatable bonds is 5. The predicted molar refractivity (Wildman–Crippen MR) is 82.3 cm³/mol. The SMILES string of the molecule is COc1c(N)cccc1C(=O)NCC1(CO)CCCCC1. The van der Waals surface area contributed by atoms with Crippen molar-refractivity contribution in [3.8, 4) is 5.75 Å². The van der Waals surface area contributed by atoms with Gasteiger partial charge in [-0.05, 0) is 25.0 Å². The number of anilines is 1. The van der Waals surface area contributed by atoms with Crippen LogP contribution in [0.2, 0.25) is 0 Å². The third kappa shape index (κ3) is 3.47. The van der Waals surface area contributed by atoms with Crippen molar-refractivity contribution in [2.75, 3.05) is 26.0 Å². The van der Waals surface area contributed by atoms with Crippen LogP contribution in [0.5, 0.6) is 5.75 Å². The number of nitrogen functional groups attached to an aromatic ring is 1. The second kappa shape index (κ2) is 6.80. The van der Waals surface area contributed by atoms with E-state index < -0.39 is 0 Å². The third-order valence-corrected chi connectivity index (χ3v) is 4.37. The minimum Gasteiger partial charge on any atom is -0.494 e.